The number of Topliss-reactive ketones (excluding diaryl/α,β-unsaturated/α-hetero) is 1. The molecule has 0 saturated carbocycles. The van der Waals surface area contributed by atoms with Gasteiger partial charge in [-0.05, 0) is 6.92 Å². The fraction of sp³-hybridized carbons (Fsp3) is 0.875. The Morgan fingerprint density at radius 3 is 2.67 bits per heavy atom. The normalized spacial score (nSPS) is 12.9. The maximum atomic E-state index is 10.8. The maximum absolute atomic E-state index is 10.8. The molecule has 72 valence electrons. The highest BCUT2D eigenvalue weighted by atomic mass is 33.1. The van der Waals surface area contributed by atoms with Crippen molar-refractivity contribution < 1.29 is 9.53 Å². The number of carbonyl (C=O) groups excluding carboxylic acids is 1. The molecule has 0 fully saturated rings. The van der Waals surface area contributed by atoms with Gasteiger partial charge in [-0.15, -0.1) is 0 Å². The van der Waals surface area contributed by atoms with Crippen LogP contribution in [-0.2, 0) is 9.53 Å². The van der Waals surface area contributed by atoms with Crippen LogP contribution in [0.1, 0.15) is 13.8 Å². The molecular weight excluding hydrogens is 192 g/mol. The number of rotatable bonds is 7. The summed E-state index contributed by atoms with van der Waals surface area (Å²) in [6, 6.07) is 0. The molecule has 0 aliphatic carbocycles. The van der Waals surface area contributed by atoms with Crippen LogP contribution >= 0.6 is 21.6 Å². The SMILES string of the molecule is COCCSSCC(C)C(C)=O. The Labute approximate surface area is 82.2 Å². The van der Waals surface area contributed by atoms with E-state index in [-0.39, 0.29) is 11.7 Å². The van der Waals surface area contributed by atoms with Gasteiger partial charge in [0.1, 0.15) is 5.78 Å². The van der Waals surface area contributed by atoms with Gasteiger partial charge in [0, 0.05) is 24.5 Å². The first kappa shape index (κ1) is 12.3. The summed E-state index contributed by atoms with van der Waals surface area (Å²) in [4.78, 5) is 10.8. The van der Waals surface area contributed by atoms with Gasteiger partial charge in [-0.25, -0.2) is 0 Å². The average Bonchev–Trinajstić information content (AvgIpc) is 2.03. The van der Waals surface area contributed by atoms with Crippen molar-refractivity contribution in [1.82, 2.24) is 0 Å². The van der Waals surface area contributed by atoms with Gasteiger partial charge in [0.25, 0.3) is 0 Å². The van der Waals surface area contributed by atoms with Crippen molar-refractivity contribution in [3.8, 4) is 0 Å². The number of ether oxygens (including phenoxy) is 1. The van der Waals surface area contributed by atoms with E-state index in [9.17, 15) is 4.79 Å². The topological polar surface area (TPSA) is 26.3 Å². The minimum absolute atomic E-state index is 0.185. The predicted octanol–water partition coefficient (Wildman–Crippen LogP) is 2.24. The van der Waals surface area contributed by atoms with Gasteiger partial charge < -0.3 is 4.74 Å². The largest absolute Gasteiger partial charge is 0.384 e. The summed E-state index contributed by atoms with van der Waals surface area (Å²) in [5.74, 6) is 2.36. The summed E-state index contributed by atoms with van der Waals surface area (Å²) in [7, 11) is 5.21. The molecule has 0 bridgehead atoms. The lowest BCUT2D eigenvalue weighted by atomic mass is 10.1. The first-order valence-electron chi connectivity index (χ1n) is 3.92. The summed E-state index contributed by atoms with van der Waals surface area (Å²) < 4.78 is 4.90. The van der Waals surface area contributed by atoms with Crippen LogP contribution in [0.15, 0.2) is 0 Å². The number of hydrogen-bond acceptors (Lipinski definition) is 4. The van der Waals surface area contributed by atoms with Crippen molar-refractivity contribution in [3.05, 3.63) is 0 Å². The lowest BCUT2D eigenvalue weighted by molar-refractivity contribution is -0.119. The standard InChI is InChI=1S/C8H16O2S2/c1-7(8(2)9)6-12-11-5-4-10-3/h7H,4-6H2,1-3H3. The number of ketones is 1. The molecule has 0 amide bonds. The van der Waals surface area contributed by atoms with E-state index in [1.54, 1.807) is 35.6 Å². The molecule has 1 unspecified atom stereocenters. The van der Waals surface area contributed by atoms with Crippen LogP contribution in [0.5, 0.6) is 0 Å². The van der Waals surface area contributed by atoms with Gasteiger partial charge >= 0.3 is 0 Å². The van der Waals surface area contributed by atoms with Gasteiger partial charge in [-0.3, -0.25) is 4.79 Å². The Kier molecular flexibility index (Phi) is 8.17. The van der Waals surface area contributed by atoms with E-state index in [1.807, 2.05) is 6.92 Å². The van der Waals surface area contributed by atoms with Crippen molar-refractivity contribution in [2.75, 3.05) is 25.2 Å². The third-order valence-corrected chi connectivity index (χ3v) is 4.01. The zero-order valence-corrected chi connectivity index (χ0v) is 9.46. The molecule has 12 heavy (non-hydrogen) atoms. The van der Waals surface area contributed by atoms with Crippen molar-refractivity contribution in [1.29, 1.82) is 0 Å². The first-order valence-corrected chi connectivity index (χ1v) is 6.41. The molecule has 1 atom stereocenters. The molecule has 0 radical (unpaired) electrons. The molecule has 4 heteroatoms. The third kappa shape index (κ3) is 7.00. The Morgan fingerprint density at radius 1 is 1.50 bits per heavy atom. The van der Waals surface area contributed by atoms with Gasteiger partial charge in [0.15, 0.2) is 0 Å². The zero-order valence-electron chi connectivity index (χ0n) is 7.83. The molecule has 0 aromatic heterocycles. The van der Waals surface area contributed by atoms with E-state index in [0.29, 0.717) is 0 Å². The monoisotopic (exact) mass is 208 g/mol. The second-order valence-corrected chi connectivity index (χ2v) is 5.24. The van der Waals surface area contributed by atoms with Crippen LogP contribution < -0.4 is 0 Å². The summed E-state index contributed by atoms with van der Waals surface area (Å²) in [5, 5.41) is 0. The highest BCUT2D eigenvalue weighted by Crippen LogP contribution is 2.23. The molecule has 0 aromatic rings. The van der Waals surface area contributed by atoms with Crippen LogP contribution in [0.2, 0.25) is 0 Å². The molecule has 0 aliphatic rings. The highest BCUT2D eigenvalue weighted by Gasteiger charge is 2.06. The van der Waals surface area contributed by atoms with E-state index in [1.165, 1.54) is 0 Å². The molecule has 0 N–H and O–H groups in total. The van der Waals surface area contributed by atoms with Crippen molar-refractivity contribution >= 4 is 27.4 Å². The van der Waals surface area contributed by atoms with Crippen molar-refractivity contribution in [2.24, 2.45) is 5.92 Å². The van der Waals surface area contributed by atoms with Crippen LogP contribution in [0.25, 0.3) is 0 Å². The van der Waals surface area contributed by atoms with Crippen LogP contribution in [0.3, 0.4) is 0 Å². The summed E-state index contributed by atoms with van der Waals surface area (Å²) in [6.07, 6.45) is 0. The summed E-state index contributed by atoms with van der Waals surface area (Å²) in [6.45, 7) is 4.39. The second-order valence-electron chi connectivity index (χ2n) is 2.61. The Morgan fingerprint density at radius 2 is 2.17 bits per heavy atom. The van der Waals surface area contributed by atoms with Crippen LogP contribution in [0, 0.1) is 5.92 Å². The van der Waals surface area contributed by atoms with Crippen molar-refractivity contribution in [3.63, 3.8) is 0 Å². The predicted molar refractivity (Wildman–Crippen MR) is 56.6 cm³/mol. The summed E-state index contributed by atoms with van der Waals surface area (Å²) >= 11 is 0. The van der Waals surface area contributed by atoms with E-state index in [2.05, 4.69) is 0 Å². The number of hydrogen-bond donors (Lipinski definition) is 0. The first-order chi connectivity index (χ1) is 5.68. The quantitative estimate of drug-likeness (QED) is 0.473. The van der Waals surface area contributed by atoms with E-state index >= 15 is 0 Å². The molecule has 2 nitrogen and oxygen atoms in total. The molecule has 0 rings (SSSR count). The van der Waals surface area contributed by atoms with E-state index in [4.69, 9.17) is 4.74 Å². The van der Waals surface area contributed by atoms with Crippen LogP contribution in [0.4, 0.5) is 0 Å². The molecule has 0 aromatic carbocycles. The Bertz CT molecular complexity index is 128. The van der Waals surface area contributed by atoms with Crippen molar-refractivity contribution in [2.45, 2.75) is 13.8 Å². The van der Waals surface area contributed by atoms with Gasteiger partial charge in [0.2, 0.25) is 0 Å². The number of methoxy groups -OCH3 is 1. The van der Waals surface area contributed by atoms with E-state index < -0.39 is 0 Å². The minimum atomic E-state index is 0.185. The van der Waals surface area contributed by atoms with Gasteiger partial charge in [0.05, 0.1) is 6.61 Å². The molecule has 0 saturated heterocycles. The lowest BCUT2D eigenvalue weighted by Crippen LogP contribution is -2.08. The lowest BCUT2D eigenvalue weighted by Gasteiger charge is -2.05. The fourth-order valence-electron chi connectivity index (χ4n) is 0.444. The molecular formula is C8H16O2S2. The van der Waals surface area contributed by atoms with Gasteiger partial charge in [-0.2, -0.15) is 0 Å². The van der Waals surface area contributed by atoms with Gasteiger partial charge in [-0.1, -0.05) is 28.5 Å². The third-order valence-electron chi connectivity index (χ3n) is 1.47. The average molecular weight is 208 g/mol. The molecule has 0 heterocycles. The zero-order chi connectivity index (χ0) is 9.40. The Balaban J connectivity index is 3.14. The minimum Gasteiger partial charge on any atom is -0.384 e. The fourth-order valence-corrected chi connectivity index (χ4v) is 2.79. The molecule has 0 spiro atoms. The number of carbonyl (C=O) groups is 1. The highest BCUT2D eigenvalue weighted by molar-refractivity contribution is 8.76. The Hall–Kier alpha value is 0.330. The van der Waals surface area contributed by atoms with Crippen LogP contribution in [-0.4, -0.2) is 31.0 Å². The molecule has 0 aliphatic heterocycles. The maximum Gasteiger partial charge on any atom is 0.133 e. The second kappa shape index (κ2) is 7.95. The summed E-state index contributed by atoms with van der Waals surface area (Å²) in [5.41, 5.74) is 0. The van der Waals surface area contributed by atoms with E-state index in [0.717, 1.165) is 18.1 Å². The smallest absolute Gasteiger partial charge is 0.133 e.